The molecule has 0 aliphatic rings. The van der Waals surface area contributed by atoms with E-state index in [0.29, 0.717) is 16.9 Å². The van der Waals surface area contributed by atoms with Crippen molar-refractivity contribution in [2.24, 2.45) is 0 Å². The van der Waals surface area contributed by atoms with E-state index >= 15 is 0 Å². The molecule has 0 unspecified atom stereocenters. The molecule has 1 aromatic carbocycles. The number of carbonyl (C=O) groups is 1. The van der Waals surface area contributed by atoms with E-state index in [9.17, 15) is 18.0 Å². The van der Waals surface area contributed by atoms with Gasteiger partial charge in [-0.25, -0.2) is 4.39 Å². The minimum absolute atomic E-state index is 0.0653. The lowest BCUT2D eigenvalue weighted by Gasteiger charge is -2.21. The van der Waals surface area contributed by atoms with Gasteiger partial charge in [-0.1, -0.05) is 0 Å². The van der Waals surface area contributed by atoms with Crippen molar-refractivity contribution in [1.29, 1.82) is 0 Å². The molecule has 2 heterocycles. The van der Waals surface area contributed by atoms with Crippen LogP contribution >= 0.6 is 0 Å². The van der Waals surface area contributed by atoms with Crippen LogP contribution in [0.5, 0.6) is 5.75 Å². The maximum atomic E-state index is 13.5. The van der Waals surface area contributed by atoms with Gasteiger partial charge in [0.1, 0.15) is 5.82 Å². The molecule has 0 aliphatic carbocycles. The highest BCUT2D eigenvalue weighted by molar-refractivity contribution is 5.62. The zero-order valence-electron chi connectivity index (χ0n) is 14.0. The monoisotopic (exact) mass is 378 g/mol. The van der Waals surface area contributed by atoms with Crippen LogP contribution in [0.4, 0.5) is 18.9 Å². The number of nitrogens with zero attached hydrogens (tertiary/aromatic N) is 4. The van der Waals surface area contributed by atoms with E-state index in [4.69, 9.17) is 9.15 Å². The Hall–Kier alpha value is -3.43. The number of rotatable bonds is 7. The van der Waals surface area contributed by atoms with E-state index in [1.165, 1.54) is 24.4 Å². The lowest BCUT2D eigenvalue weighted by atomic mass is 10.2. The molecule has 2 aromatic heterocycles. The lowest BCUT2D eigenvalue weighted by Crippen LogP contribution is -2.18. The normalized spacial score (nSPS) is 10.9. The van der Waals surface area contributed by atoms with Crippen molar-refractivity contribution >= 4 is 12.2 Å². The van der Waals surface area contributed by atoms with E-state index in [2.05, 4.69) is 15.2 Å². The molecule has 0 amide bonds. The minimum atomic E-state index is -2.85. The van der Waals surface area contributed by atoms with Crippen LogP contribution < -0.4 is 9.64 Å². The molecule has 0 aliphatic heterocycles. The predicted molar refractivity (Wildman–Crippen MR) is 87.7 cm³/mol. The summed E-state index contributed by atoms with van der Waals surface area (Å²) < 4.78 is 48.2. The van der Waals surface area contributed by atoms with E-state index in [0.717, 1.165) is 0 Å². The number of aromatic nitrogens is 3. The van der Waals surface area contributed by atoms with Crippen molar-refractivity contribution in [3.8, 4) is 17.2 Å². The molecule has 10 heteroatoms. The largest absolute Gasteiger partial charge is 0.427 e. The number of hydrogen-bond donors (Lipinski definition) is 0. The topological polar surface area (TPSA) is 81.3 Å². The average Bonchev–Trinajstić information content (AvgIpc) is 3.14. The standard InChI is InChI=1S/C17H13F3N4O3/c1-24(13-6-11(18)3-5-14(13)26-9-25)8-12-4-2-10(7-21-12)16-22-23-17(27-16)15(19)20/h2-7,9,15H,8H2,1H3. The first kappa shape index (κ1) is 18.4. The number of hydrogen-bond acceptors (Lipinski definition) is 7. The van der Waals surface area contributed by atoms with Crippen LogP contribution in [0.3, 0.4) is 0 Å². The van der Waals surface area contributed by atoms with E-state index in [1.807, 2.05) is 0 Å². The second-order valence-corrected chi connectivity index (χ2v) is 5.47. The summed E-state index contributed by atoms with van der Waals surface area (Å²) in [4.78, 5) is 16.5. The first-order valence-corrected chi connectivity index (χ1v) is 7.65. The van der Waals surface area contributed by atoms with Gasteiger partial charge in [0.25, 0.3) is 12.4 Å². The predicted octanol–water partition coefficient (Wildman–Crippen LogP) is 3.38. The first-order chi connectivity index (χ1) is 13.0. The molecule has 0 spiro atoms. The molecule has 0 radical (unpaired) electrons. The maximum absolute atomic E-state index is 13.5. The highest BCUT2D eigenvalue weighted by Gasteiger charge is 2.17. The number of anilines is 1. The van der Waals surface area contributed by atoms with Gasteiger partial charge in [-0.2, -0.15) is 8.78 Å². The first-order valence-electron chi connectivity index (χ1n) is 7.65. The van der Waals surface area contributed by atoms with Crippen LogP contribution in [0.1, 0.15) is 18.0 Å². The van der Waals surface area contributed by atoms with Gasteiger partial charge in [-0.3, -0.25) is 9.78 Å². The van der Waals surface area contributed by atoms with Crippen molar-refractivity contribution < 1.29 is 27.1 Å². The highest BCUT2D eigenvalue weighted by atomic mass is 19.3. The molecule has 0 fully saturated rings. The van der Waals surface area contributed by atoms with Gasteiger partial charge in [0.15, 0.2) is 5.75 Å². The smallest absolute Gasteiger partial charge is 0.314 e. The zero-order valence-corrected chi connectivity index (χ0v) is 14.0. The van der Waals surface area contributed by atoms with Crippen LogP contribution in [-0.4, -0.2) is 28.7 Å². The Labute approximate surface area is 151 Å². The Morgan fingerprint density at radius 3 is 2.70 bits per heavy atom. The van der Waals surface area contributed by atoms with Gasteiger partial charge in [0.05, 0.1) is 23.5 Å². The molecule has 140 valence electrons. The van der Waals surface area contributed by atoms with Crippen molar-refractivity contribution in [3.63, 3.8) is 0 Å². The second kappa shape index (κ2) is 7.85. The molecule has 0 bridgehead atoms. The fourth-order valence-electron chi connectivity index (χ4n) is 2.35. The van der Waals surface area contributed by atoms with Gasteiger partial charge in [0, 0.05) is 19.3 Å². The number of ether oxygens (including phenoxy) is 1. The molecule has 0 atom stereocenters. The minimum Gasteiger partial charge on any atom is -0.427 e. The Bertz CT molecular complexity index is 931. The van der Waals surface area contributed by atoms with Crippen LogP contribution in [-0.2, 0) is 11.3 Å². The fourth-order valence-corrected chi connectivity index (χ4v) is 2.35. The number of benzene rings is 1. The van der Waals surface area contributed by atoms with Gasteiger partial charge < -0.3 is 14.1 Å². The van der Waals surface area contributed by atoms with Crippen LogP contribution in [0.25, 0.3) is 11.5 Å². The summed E-state index contributed by atoms with van der Waals surface area (Å²) in [6.07, 6.45) is -1.44. The SMILES string of the molecule is CN(Cc1ccc(-c2nnc(C(F)F)o2)cn1)c1cc(F)ccc1OC=O. The molecule has 27 heavy (non-hydrogen) atoms. The molecule has 0 N–H and O–H groups in total. The van der Waals surface area contributed by atoms with Crippen LogP contribution in [0.2, 0.25) is 0 Å². The van der Waals surface area contributed by atoms with Crippen molar-refractivity contribution in [1.82, 2.24) is 15.2 Å². The maximum Gasteiger partial charge on any atom is 0.314 e. The molecular weight excluding hydrogens is 365 g/mol. The van der Waals surface area contributed by atoms with E-state index in [1.54, 1.807) is 24.1 Å². The van der Waals surface area contributed by atoms with Gasteiger partial charge in [-0.05, 0) is 24.3 Å². The van der Waals surface area contributed by atoms with Crippen molar-refractivity contribution in [2.75, 3.05) is 11.9 Å². The summed E-state index contributed by atoms with van der Waals surface area (Å²) in [5, 5.41) is 6.81. The van der Waals surface area contributed by atoms with Crippen molar-refractivity contribution in [2.45, 2.75) is 13.0 Å². The summed E-state index contributed by atoms with van der Waals surface area (Å²) in [6, 6.07) is 6.99. The van der Waals surface area contributed by atoms with Crippen LogP contribution in [0.15, 0.2) is 40.9 Å². The quantitative estimate of drug-likeness (QED) is 0.583. The van der Waals surface area contributed by atoms with Crippen LogP contribution in [0, 0.1) is 5.82 Å². The fraction of sp³-hybridized carbons (Fsp3) is 0.176. The zero-order chi connectivity index (χ0) is 19.4. The number of halogens is 3. The molecule has 3 aromatic rings. The molecule has 7 nitrogen and oxygen atoms in total. The average molecular weight is 378 g/mol. The number of pyridine rings is 1. The second-order valence-electron chi connectivity index (χ2n) is 5.47. The van der Waals surface area contributed by atoms with Gasteiger partial charge >= 0.3 is 6.43 Å². The lowest BCUT2D eigenvalue weighted by molar-refractivity contribution is -0.120. The summed E-state index contributed by atoms with van der Waals surface area (Å²) in [5.41, 5.74) is 1.35. The molecular formula is C17H13F3N4O3. The van der Waals surface area contributed by atoms with Gasteiger partial charge in [0.2, 0.25) is 5.89 Å². The van der Waals surface area contributed by atoms with Crippen molar-refractivity contribution in [3.05, 3.63) is 53.9 Å². The Balaban J connectivity index is 1.76. The molecule has 0 saturated carbocycles. The third kappa shape index (κ3) is 4.22. The highest BCUT2D eigenvalue weighted by Crippen LogP contribution is 2.29. The summed E-state index contributed by atoms with van der Waals surface area (Å²) in [5.74, 6) is -1.10. The number of alkyl halides is 2. The molecule has 3 rings (SSSR count). The summed E-state index contributed by atoms with van der Waals surface area (Å²) in [6.45, 7) is 0.529. The number of carbonyl (C=O) groups excluding carboxylic acids is 1. The van der Waals surface area contributed by atoms with E-state index in [-0.39, 0.29) is 24.7 Å². The Kier molecular flexibility index (Phi) is 5.34. The third-order valence-corrected chi connectivity index (χ3v) is 3.61. The Morgan fingerprint density at radius 1 is 1.26 bits per heavy atom. The summed E-state index contributed by atoms with van der Waals surface area (Å²) >= 11 is 0. The van der Waals surface area contributed by atoms with E-state index < -0.39 is 18.1 Å². The molecule has 0 saturated heterocycles. The van der Waals surface area contributed by atoms with Gasteiger partial charge in [-0.15, -0.1) is 10.2 Å². The Morgan fingerprint density at radius 2 is 2.07 bits per heavy atom. The summed E-state index contributed by atoms with van der Waals surface area (Å²) in [7, 11) is 1.68. The third-order valence-electron chi connectivity index (χ3n) is 3.61.